The third-order valence-electron chi connectivity index (χ3n) is 2.61. The summed E-state index contributed by atoms with van der Waals surface area (Å²) in [5.74, 6) is 0.602. The molecule has 0 heterocycles. The Kier molecular flexibility index (Phi) is 2.32. The first kappa shape index (κ1) is 8.02. The van der Waals surface area contributed by atoms with E-state index in [9.17, 15) is 10.2 Å². The van der Waals surface area contributed by atoms with E-state index in [1.165, 1.54) is 0 Å². The summed E-state index contributed by atoms with van der Waals surface area (Å²) < 4.78 is 0. The lowest BCUT2D eigenvalue weighted by atomic mass is 10.0. The van der Waals surface area contributed by atoms with Crippen molar-refractivity contribution < 1.29 is 10.2 Å². The minimum atomic E-state index is -0.482. The third-order valence-corrected chi connectivity index (χ3v) is 2.61. The van der Waals surface area contributed by atoms with Crippen LogP contribution in [0.15, 0.2) is 0 Å². The molecule has 0 bridgehead atoms. The summed E-state index contributed by atoms with van der Waals surface area (Å²) in [4.78, 5) is 0. The van der Waals surface area contributed by atoms with Gasteiger partial charge in [0, 0.05) is 0 Å². The van der Waals surface area contributed by atoms with Gasteiger partial charge in [-0.1, -0.05) is 20.3 Å². The SMILES string of the molecule is CCC1CC(C)[C@H](O)[C@@H]1O. The predicted octanol–water partition coefficient (Wildman–Crippen LogP) is 0.774. The highest BCUT2D eigenvalue weighted by molar-refractivity contribution is 4.87. The molecule has 0 saturated heterocycles. The number of aliphatic hydroxyl groups is 2. The molecule has 1 saturated carbocycles. The molecule has 2 heteroatoms. The van der Waals surface area contributed by atoms with Gasteiger partial charge in [-0.2, -0.15) is 0 Å². The third kappa shape index (κ3) is 1.18. The zero-order valence-electron chi connectivity index (χ0n) is 6.62. The lowest BCUT2D eigenvalue weighted by Gasteiger charge is -2.13. The van der Waals surface area contributed by atoms with Crippen molar-refractivity contribution in [3.8, 4) is 0 Å². The van der Waals surface area contributed by atoms with Crippen molar-refractivity contribution in [1.82, 2.24) is 0 Å². The van der Waals surface area contributed by atoms with Crippen molar-refractivity contribution in [1.29, 1.82) is 0 Å². The minimum absolute atomic E-state index is 0.278. The maximum atomic E-state index is 9.38. The fourth-order valence-corrected chi connectivity index (χ4v) is 1.78. The Bertz CT molecular complexity index is 114. The summed E-state index contributed by atoms with van der Waals surface area (Å²) in [6.45, 7) is 4.04. The molecule has 0 radical (unpaired) electrons. The molecular formula is C8H16O2. The van der Waals surface area contributed by atoms with Crippen LogP contribution in [0.5, 0.6) is 0 Å². The summed E-state index contributed by atoms with van der Waals surface area (Å²) in [6, 6.07) is 0. The van der Waals surface area contributed by atoms with Gasteiger partial charge in [-0.15, -0.1) is 0 Å². The first-order valence-electron chi connectivity index (χ1n) is 4.03. The molecular weight excluding hydrogens is 128 g/mol. The minimum Gasteiger partial charge on any atom is -0.390 e. The second kappa shape index (κ2) is 2.89. The maximum Gasteiger partial charge on any atom is 0.0829 e. The lowest BCUT2D eigenvalue weighted by molar-refractivity contribution is 0.00625. The van der Waals surface area contributed by atoms with Gasteiger partial charge in [0.05, 0.1) is 12.2 Å². The van der Waals surface area contributed by atoms with Crippen LogP contribution in [0.4, 0.5) is 0 Å². The van der Waals surface area contributed by atoms with Crippen molar-refractivity contribution in [2.75, 3.05) is 0 Å². The highest BCUT2D eigenvalue weighted by atomic mass is 16.3. The summed E-state index contributed by atoms with van der Waals surface area (Å²) in [5, 5.41) is 18.7. The van der Waals surface area contributed by atoms with E-state index in [1.54, 1.807) is 0 Å². The van der Waals surface area contributed by atoms with Crippen LogP contribution >= 0.6 is 0 Å². The Balaban J connectivity index is 2.53. The molecule has 10 heavy (non-hydrogen) atoms. The summed E-state index contributed by atoms with van der Waals surface area (Å²) in [6.07, 6.45) is 0.992. The largest absolute Gasteiger partial charge is 0.390 e. The van der Waals surface area contributed by atoms with Crippen LogP contribution in [0.25, 0.3) is 0 Å². The van der Waals surface area contributed by atoms with E-state index < -0.39 is 12.2 Å². The van der Waals surface area contributed by atoms with E-state index in [1.807, 2.05) is 6.92 Å². The maximum absolute atomic E-state index is 9.38. The fraction of sp³-hybridized carbons (Fsp3) is 1.00. The van der Waals surface area contributed by atoms with Crippen molar-refractivity contribution in [3.05, 3.63) is 0 Å². The van der Waals surface area contributed by atoms with E-state index in [-0.39, 0.29) is 5.92 Å². The van der Waals surface area contributed by atoms with Crippen LogP contribution < -0.4 is 0 Å². The molecule has 0 amide bonds. The quantitative estimate of drug-likeness (QED) is 0.570. The van der Waals surface area contributed by atoms with Gasteiger partial charge in [0.15, 0.2) is 0 Å². The van der Waals surface area contributed by atoms with Gasteiger partial charge in [-0.25, -0.2) is 0 Å². The first-order chi connectivity index (χ1) is 4.66. The summed E-state index contributed by atoms with van der Waals surface area (Å²) in [7, 11) is 0. The molecule has 2 unspecified atom stereocenters. The lowest BCUT2D eigenvalue weighted by Crippen LogP contribution is -2.26. The van der Waals surface area contributed by atoms with Crippen molar-refractivity contribution in [2.45, 2.75) is 38.9 Å². The Morgan fingerprint density at radius 2 is 1.90 bits per heavy atom. The van der Waals surface area contributed by atoms with E-state index in [4.69, 9.17) is 0 Å². The van der Waals surface area contributed by atoms with E-state index in [0.717, 1.165) is 12.8 Å². The second-order valence-corrected chi connectivity index (χ2v) is 3.36. The predicted molar refractivity (Wildman–Crippen MR) is 39.6 cm³/mol. The van der Waals surface area contributed by atoms with Gasteiger partial charge < -0.3 is 10.2 Å². The molecule has 60 valence electrons. The standard InChI is InChI=1S/C8H16O2/c1-3-6-4-5(2)7(9)8(6)10/h5-10H,3-4H2,1-2H3/t5?,6?,7-,8+/m0/s1. The van der Waals surface area contributed by atoms with Crippen LogP contribution in [0.1, 0.15) is 26.7 Å². The van der Waals surface area contributed by atoms with Gasteiger partial charge in [-0.3, -0.25) is 0 Å². The molecule has 0 aromatic rings. The van der Waals surface area contributed by atoms with Crippen LogP contribution in [0.2, 0.25) is 0 Å². The summed E-state index contributed by atoms with van der Waals surface area (Å²) in [5.41, 5.74) is 0. The Hall–Kier alpha value is -0.0800. The van der Waals surface area contributed by atoms with Gasteiger partial charge in [0.2, 0.25) is 0 Å². The highest BCUT2D eigenvalue weighted by Crippen LogP contribution is 2.32. The average molecular weight is 144 g/mol. The Morgan fingerprint density at radius 1 is 1.30 bits per heavy atom. The van der Waals surface area contributed by atoms with Gasteiger partial charge in [0.1, 0.15) is 0 Å². The molecule has 0 aromatic carbocycles. The van der Waals surface area contributed by atoms with Gasteiger partial charge in [-0.05, 0) is 18.3 Å². The molecule has 4 atom stereocenters. The van der Waals surface area contributed by atoms with E-state index in [0.29, 0.717) is 5.92 Å². The van der Waals surface area contributed by atoms with Crippen molar-refractivity contribution in [2.24, 2.45) is 11.8 Å². The van der Waals surface area contributed by atoms with E-state index >= 15 is 0 Å². The van der Waals surface area contributed by atoms with Crippen molar-refractivity contribution >= 4 is 0 Å². The molecule has 1 aliphatic carbocycles. The average Bonchev–Trinajstić information content (AvgIpc) is 2.17. The van der Waals surface area contributed by atoms with E-state index in [2.05, 4.69) is 6.92 Å². The molecule has 0 aliphatic heterocycles. The fourth-order valence-electron chi connectivity index (χ4n) is 1.78. The van der Waals surface area contributed by atoms with Crippen LogP contribution in [-0.4, -0.2) is 22.4 Å². The number of hydrogen-bond acceptors (Lipinski definition) is 2. The molecule has 0 aromatic heterocycles. The molecule has 1 fully saturated rings. The zero-order valence-corrected chi connectivity index (χ0v) is 6.62. The molecule has 1 aliphatic rings. The Morgan fingerprint density at radius 3 is 2.10 bits per heavy atom. The van der Waals surface area contributed by atoms with Gasteiger partial charge >= 0.3 is 0 Å². The summed E-state index contributed by atoms with van der Waals surface area (Å²) >= 11 is 0. The zero-order chi connectivity index (χ0) is 7.72. The molecule has 0 spiro atoms. The smallest absolute Gasteiger partial charge is 0.0829 e. The number of rotatable bonds is 1. The van der Waals surface area contributed by atoms with Crippen molar-refractivity contribution in [3.63, 3.8) is 0 Å². The van der Waals surface area contributed by atoms with Gasteiger partial charge in [0.25, 0.3) is 0 Å². The van der Waals surface area contributed by atoms with Crippen LogP contribution in [0, 0.1) is 11.8 Å². The van der Waals surface area contributed by atoms with Crippen LogP contribution in [0.3, 0.4) is 0 Å². The monoisotopic (exact) mass is 144 g/mol. The highest BCUT2D eigenvalue weighted by Gasteiger charge is 2.37. The molecule has 1 rings (SSSR count). The molecule has 2 nitrogen and oxygen atoms in total. The normalized spacial score (nSPS) is 48.0. The van der Waals surface area contributed by atoms with Crippen LogP contribution in [-0.2, 0) is 0 Å². The topological polar surface area (TPSA) is 40.5 Å². The molecule has 2 N–H and O–H groups in total. The second-order valence-electron chi connectivity index (χ2n) is 3.36. The number of hydrogen-bond donors (Lipinski definition) is 2. The first-order valence-corrected chi connectivity index (χ1v) is 4.03. The number of aliphatic hydroxyl groups excluding tert-OH is 2. The Labute approximate surface area is 61.9 Å².